The van der Waals surface area contributed by atoms with E-state index in [-0.39, 0.29) is 10.8 Å². The van der Waals surface area contributed by atoms with Crippen LogP contribution in [0.15, 0.2) is 12.2 Å². The van der Waals surface area contributed by atoms with Gasteiger partial charge in [0.2, 0.25) is 0 Å². The number of hydrogen-bond acceptors (Lipinski definition) is 3. The number of Topliss-reactive ketones (excluding diaryl/α,β-unsaturated/α-hetero) is 1. The maximum absolute atomic E-state index is 12.6. The van der Waals surface area contributed by atoms with E-state index >= 15 is 0 Å². The Bertz CT molecular complexity index is 682. The van der Waals surface area contributed by atoms with E-state index in [2.05, 4.69) is 31.3 Å². The zero-order valence-electron chi connectivity index (χ0n) is 18.6. The fourth-order valence-electron chi connectivity index (χ4n) is 8.58. The summed E-state index contributed by atoms with van der Waals surface area (Å²) in [6.07, 6.45) is 17.0. The Morgan fingerprint density at radius 3 is 2.45 bits per heavy atom. The molecule has 1 saturated heterocycles. The molecule has 0 aromatic heterocycles. The molecular formula is C26H41NO2. The van der Waals surface area contributed by atoms with Crippen LogP contribution in [0.4, 0.5) is 0 Å². The van der Waals surface area contributed by atoms with Crippen LogP contribution in [0.1, 0.15) is 84.5 Å². The van der Waals surface area contributed by atoms with Crippen LogP contribution in [-0.2, 0) is 4.79 Å². The topological polar surface area (TPSA) is 49.3 Å². The molecule has 3 heteroatoms. The molecule has 0 aromatic carbocycles. The van der Waals surface area contributed by atoms with Crippen LogP contribution in [0.3, 0.4) is 0 Å². The number of rotatable bonds is 2. The summed E-state index contributed by atoms with van der Waals surface area (Å²) in [7, 11) is 0. The van der Waals surface area contributed by atoms with Crippen LogP contribution in [0, 0.1) is 40.4 Å². The third-order valence-electron chi connectivity index (χ3n) is 10.6. The van der Waals surface area contributed by atoms with E-state index in [1.807, 2.05) is 0 Å². The fraction of sp³-hybridized carbons (Fsp3) is 0.885. The van der Waals surface area contributed by atoms with Crippen molar-refractivity contribution in [3.63, 3.8) is 0 Å². The lowest BCUT2D eigenvalue weighted by atomic mass is 9.43. The van der Waals surface area contributed by atoms with Crippen molar-refractivity contribution < 1.29 is 9.90 Å². The van der Waals surface area contributed by atoms with E-state index < -0.39 is 5.60 Å². The summed E-state index contributed by atoms with van der Waals surface area (Å²) in [5.74, 6) is 3.64. The molecule has 1 aliphatic heterocycles. The molecule has 2 unspecified atom stereocenters. The predicted molar refractivity (Wildman–Crippen MR) is 116 cm³/mol. The monoisotopic (exact) mass is 399 g/mol. The van der Waals surface area contributed by atoms with Gasteiger partial charge < -0.3 is 10.4 Å². The molecule has 2 N–H and O–H groups in total. The van der Waals surface area contributed by atoms with Crippen molar-refractivity contribution >= 4 is 5.78 Å². The van der Waals surface area contributed by atoms with Gasteiger partial charge in [0, 0.05) is 11.8 Å². The molecule has 3 nitrogen and oxygen atoms in total. The Hall–Kier alpha value is -0.670. The van der Waals surface area contributed by atoms with Gasteiger partial charge in [-0.2, -0.15) is 0 Å². The molecule has 4 aliphatic carbocycles. The van der Waals surface area contributed by atoms with Crippen LogP contribution in [0.2, 0.25) is 0 Å². The van der Waals surface area contributed by atoms with Gasteiger partial charge in [-0.1, -0.05) is 26.0 Å². The second kappa shape index (κ2) is 7.19. The van der Waals surface area contributed by atoms with Crippen molar-refractivity contribution in [2.75, 3.05) is 13.1 Å². The molecule has 7 atom stereocenters. The van der Waals surface area contributed by atoms with Crippen molar-refractivity contribution in [1.82, 2.24) is 5.32 Å². The highest BCUT2D eigenvalue weighted by Crippen LogP contribution is 2.67. The van der Waals surface area contributed by atoms with E-state index in [0.717, 1.165) is 70.4 Å². The van der Waals surface area contributed by atoms with Crippen molar-refractivity contribution in [2.24, 2.45) is 40.4 Å². The average Bonchev–Trinajstić information content (AvgIpc) is 3.02. The van der Waals surface area contributed by atoms with E-state index in [0.29, 0.717) is 29.5 Å². The van der Waals surface area contributed by atoms with Gasteiger partial charge in [0.15, 0.2) is 0 Å². The second-order valence-corrected chi connectivity index (χ2v) is 11.8. The van der Waals surface area contributed by atoms with Gasteiger partial charge in [-0.3, -0.25) is 4.79 Å². The van der Waals surface area contributed by atoms with Crippen molar-refractivity contribution in [2.45, 2.75) is 90.1 Å². The maximum atomic E-state index is 12.6. The number of allylic oxidation sites excluding steroid dienone is 2. The molecule has 162 valence electrons. The van der Waals surface area contributed by atoms with E-state index in [9.17, 15) is 9.90 Å². The summed E-state index contributed by atoms with van der Waals surface area (Å²) in [4.78, 5) is 12.6. The molecule has 5 rings (SSSR count). The van der Waals surface area contributed by atoms with Gasteiger partial charge in [0.05, 0.1) is 5.60 Å². The first-order chi connectivity index (χ1) is 13.9. The molecule has 0 bridgehead atoms. The number of carbonyl (C=O) groups excluding carboxylic acids is 1. The summed E-state index contributed by atoms with van der Waals surface area (Å²) >= 11 is 0. The first kappa shape index (κ1) is 20.2. The van der Waals surface area contributed by atoms with Crippen LogP contribution < -0.4 is 5.32 Å². The van der Waals surface area contributed by atoms with Crippen LogP contribution in [0.5, 0.6) is 0 Å². The lowest BCUT2D eigenvalue weighted by molar-refractivity contribution is -0.207. The minimum absolute atomic E-state index is 0.0436. The highest BCUT2D eigenvalue weighted by Gasteiger charge is 2.64. The minimum atomic E-state index is -0.508. The summed E-state index contributed by atoms with van der Waals surface area (Å²) in [5, 5.41) is 15.4. The van der Waals surface area contributed by atoms with Crippen LogP contribution >= 0.6 is 0 Å². The van der Waals surface area contributed by atoms with Gasteiger partial charge in [-0.05, 0) is 112 Å². The van der Waals surface area contributed by atoms with E-state index in [1.165, 1.54) is 19.3 Å². The van der Waals surface area contributed by atoms with Gasteiger partial charge >= 0.3 is 0 Å². The summed E-state index contributed by atoms with van der Waals surface area (Å²) < 4.78 is 0. The summed E-state index contributed by atoms with van der Waals surface area (Å²) in [6.45, 7) is 6.96. The molecule has 29 heavy (non-hydrogen) atoms. The largest absolute Gasteiger partial charge is 0.389 e. The third-order valence-corrected chi connectivity index (χ3v) is 10.6. The summed E-state index contributed by atoms with van der Waals surface area (Å²) in [5.41, 5.74) is -0.518. The Morgan fingerprint density at radius 2 is 1.66 bits per heavy atom. The smallest absolute Gasteiger partial charge is 0.139 e. The first-order valence-corrected chi connectivity index (χ1v) is 12.5. The molecule has 0 radical (unpaired) electrons. The number of nitrogens with one attached hydrogen (secondary N) is 1. The Balaban J connectivity index is 1.32. The molecule has 5 aliphatic rings. The SMILES string of the molecule is C[C@]12CC[C@@H]3[C@@H](CCC4(O)CC(C=CC5CCNCC5)CC[C@]34C)[C@@H]1CCC2=O. The molecule has 0 aromatic rings. The van der Waals surface area contributed by atoms with Crippen molar-refractivity contribution in [3.8, 4) is 0 Å². The standard InChI is InChI=1S/C26H41NO2/c1-24-12-9-22-20(21(24)5-6-23(24)28)8-14-26(29)17-19(7-13-25(22,26)2)4-3-18-10-15-27-16-11-18/h3-4,18-22,27,29H,5-17H2,1-2H3/t19?,20-,21-,22+,24-,25+,26?/m0/s1. The highest BCUT2D eigenvalue weighted by molar-refractivity contribution is 5.87. The van der Waals surface area contributed by atoms with Crippen LogP contribution in [-0.4, -0.2) is 29.6 Å². The van der Waals surface area contributed by atoms with Crippen molar-refractivity contribution in [3.05, 3.63) is 12.2 Å². The number of ketones is 1. The van der Waals surface area contributed by atoms with E-state index in [4.69, 9.17) is 0 Å². The number of hydrogen-bond donors (Lipinski definition) is 2. The summed E-state index contributed by atoms with van der Waals surface area (Å²) in [6, 6.07) is 0. The maximum Gasteiger partial charge on any atom is 0.139 e. The number of fused-ring (bicyclic) bond motifs is 5. The fourth-order valence-corrected chi connectivity index (χ4v) is 8.58. The van der Waals surface area contributed by atoms with Gasteiger partial charge in [-0.15, -0.1) is 0 Å². The molecule has 5 fully saturated rings. The minimum Gasteiger partial charge on any atom is -0.389 e. The van der Waals surface area contributed by atoms with Gasteiger partial charge in [0.1, 0.15) is 5.78 Å². The number of piperidine rings is 1. The second-order valence-electron chi connectivity index (χ2n) is 11.8. The lowest BCUT2D eigenvalue weighted by Gasteiger charge is -2.63. The Morgan fingerprint density at radius 1 is 0.897 bits per heavy atom. The highest BCUT2D eigenvalue weighted by atomic mass is 16.3. The lowest BCUT2D eigenvalue weighted by Crippen LogP contribution is -2.62. The van der Waals surface area contributed by atoms with Crippen LogP contribution in [0.25, 0.3) is 0 Å². The molecule has 1 heterocycles. The quantitative estimate of drug-likeness (QED) is 0.650. The number of aliphatic hydroxyl groups is 1. The zero-order chi connectivity index (χ0) is 20.3. The third kappa shape index (κ3) is 3.09. The Kier molecular flexibility index (Phi) is 5.02. The van der Waals surface area contributed by atoms with E-state index in [1.54, 1.807) is 0 Å². The molecule has 0 amide bonds. The first-order valence-electron chi connectivity index (χ1n) is 12.5. The number of carbonyl (C=O) groups is 1. The Labute approximate surface area is 177 Å². The average molecular weight is 400 g/mol. The predicted octanol–water partition coefficient (Wildman–Crippen LogP) is 4.89. The normalized spacial score (nSPS) is 50.9. The van der Waals surface area contributed by atoms with Crippen molar-refractivity contribution in [1.29, 1.82) is 0 Å². The van der Waals surface area contributed by atoms with Gasteiger partial charge in [0.25, 0.3) is 0 Å². The molecule has 0 spiro atoms. The molecular weight excluding hydrogens is 358 g/mol. The van der Waals surface area contributed by atoms with Gasteiger partial charge in [-0.25, -0.2) is 0 Å². The zero-order valence-corrected chi connectivity index (χ0v) is 18.6. The molecule has 4 saturated carbocycles.